The summed E-state index contributed by atoms with van der Waals surface area (Å²) in [5.74, 6) is 0.551. The van der Waals surface area contributed by atoms with Gasteiger partial charge < -0.3 is 13.9 Å². The molecule has 10 heteroatoms. The van der Waals surface area contributed by atoms with Crippen molar-refractivity contribution in [2.45, 2.75) is 63.8 Å². The van der Waals surface area contributed by atoms with Gasteiger partial charge >= 0.3 is 5.69 Å². The maximum absolute atomic E-state index is 12.2. The molecule has 2 heterocycles. The van der Waals surface area contributed by atoms with Gasteiger partial charge in [-0.15, -0.1) is 11.8 Å². The minimum atomic E-state index is -1.92. The highest BCUT2D eigenvalue weighted by atomic mass is 127. The Bertz CT molecular complexity index is 761. The first-order valence-corrected chi connectivity index (χ1v) is 14.3. The van der Waals surface area contributed by atoms with Crippen molar-refractivity contribution in [2.75, 3.05) is 18.8 Å². The average molecular weight is 528 g/mol. The fourth-order valence-corrected chi connectivity index (χ4v) is 4.29. The summed E-state index contributed by atoms with van der Waals surface area (Å²) in [4.78, 5) is 26.2. The van der Waals surface area contributed by atoms with Crippen molar-refractivity contribution in [3.8, 4) is 0 Å². The lowest BCUT2D eigenvalue weighted by Gasteiger charge is -2.37. The zero-order chi connectivity index (χ0) is 20.4. The van der Waals surface area contributed by atoms with Crippen LogP contribution in [-0.2, 0) is 13.9 Å². The minimum Gasteiger partial charge on any atom is -0.414 e. The molecule has 1 aromatic rings. The third-order valence-corrected chi connectivity index (χ3v) is 10.9. The number of ether oxygens (including phenoxy) is 2. The molecule has 1 unspecified atom stereocenters. The van der Waals surface area contributed by atoms with E-state index in [9.17, 15) is 9.59 Å². The molecule has 1 aromatic heterocycles. The number of rotatable bonds is 7. The van der Waals surface area contributed by atoms with Crippen LogP contribution in [0.1, 0.15) is 33.4 Å². The molecule has 3 atom stereocenters. The number of hydrogen-bond donors (Lipinski definition) is 1. The zero-order valence-corrected chi connectivity index (χ0v) is 20.7. The first-order chi connectivity index (χ1) is 12.5. The van der Waals surface area contributed by atoms with Crippen LogP contribution in [0.25, 0.3) is 0 Å². The van der Waals surface area contributed by atoms with Gasteiger partial charge in [0.15, 0.2) is 8.32 Å². The van der Waals surface area contributed by atoms with Crippen LogP contribution < -0.4 is 11.2 Å². The Hall–Kier alpha value is -0.143. The summed E-state index contributed by atoms with van der Waals surface area (Å²) >= 11 is 3.51. The molecule has 154 valence electrons. The molecule has 1 aliphatic rings. The third-order valence-electron chi connectivity index (χ3n) is 5.23. The molecule has 0 saturated carbocycles. The Kier molecular flexibility index (Phi) is 7.81. The van der Waals surface area contributed by atoms with E-state index in [-0.39, 0.29) is 22.8 Å². The van der Waals surface area contributed by atoms with Crippen LogP contribution in [-0.4, -0.2) is 48.9 Å². The molecule has 0 radical (unpaired) electrons. The number of thioether (sulfide) groups is 1. The van der Waals surface area contributed by atoms with E-state index in [1.807, 2.05) is 28.8 Å². The van der Waals surface area contributed by atoms with Crippen molar-refractivity contribution >= 4 is 42.7 Å². The fraction of sp³-hybridized carbons (Fsp3) is 0.765. The molecule has 2 rings (SSSR count). The van der Waals surface area contributed by atoms with Gasteiger partial charge in [-0.3, -0.25) is 14.3 Å². The summed E-state index contributed by atoms with van der Waals surface area (Å²) in [6.07, 6.45) is 3.14. The molecular weight excluding hydrogens is 499 g/mol. The van der Waals surface area contributed by atoms with Crippen molar-refractivity contribution < 1.29 is 13.9 Å². The second-order valence-corrected chi connectivity index (χ2v) is 15.0. The molecule has 27 heavy (non-hydrogen) atoms. The van der Waals surface area contributed by atoms with Gasteiger partial charge in [-0.05, 0) is 47.0 Å². The fourth-order valence-electron chi connectivity index (χ4n) is 2.53. The molecule has 0 spiro atoms. The highest BCUT2D eigenvalue weighted by Crippen LogP contribution is 2.38. The van der Waals surface area contributed by atoms with E-state index in [1.165, 1.54) is 10.8 Å². The van der Waals surface area contributed by atoms with E-state index in [0.29, 0.717) is 22.5 Å². The molecule has 1 N–H and O–H groups in total. The monoisotopic (exact) mass is 528 g/mol. The van der Waals surface area contributed by atoms with Crippen LogP contribution in [0.15, 0.2) is 15.8 Å². The van der Waals surface area contributed by atoms with Crippen LogP contribution in [0.3, 0.4) is 0 Å². The van der Waals surface area contributed by atoms with Crippen molar-refractivity contribution in [1.29, 1.82) is 0 Å². The smallest absolute Gasteiger partial charge is 0.330 e. The number of hydrogen-bond acceptors (Lipinski definition) is 6. The Morgan fingerprint density at radius 1 is 1.41 bits per heavy atom. The van der Waals surface area contributed by atoms with Crippen LogP contribution in [0.5, 0.6) is 0 Å². The van der Waals surface area contributed by atoms with Gasteiger partial charge in [0.2, 0.25) is 0 Å². The average Bonchev–Trinajstić information content (AvgIpc) is 2.96. The van der Waals surface area contributed by atoms with Gasteiger partial charge in [0, 0.05) is 12.6 Å². The predicted molar refractivity (Wildman–Crippen MR) is 119 cm³/mol. The molecular formula is C17H29IN2O5SSi. The number of aromatic amines is 1. The van der Waals surface area contributed by atoms with Crippen molar-refractivity contribution in [3.05, 3.63) is 30.6 Å². The van der Waals surface area contributed by atoms with Gasteiger partial charge in [-0.2, -0.15) is 0 Å². The maximum Gasteiger partial charge on any atom is 0.330 e. The molecule has 0 aromatic carbocycles. The largest absolute Gasteiger partial charge is 0.414 e. The number of halogens is 1. The molecule has 7 nitrogen and oxygen atoms in total. The molecule has 1 fully saturated rings. The SMILES string of the molecule is CSCOC1C[C@H](n2cc(I)c(=O)[nH]c2=O)O[C@@H]1CO[Si](C)(C)C(C)(C)C. The second-order valence-electron chi connectivity index (χ2n) is 8.19. The summed E-state index contributed by atoms with van der Waals surface area (Å²) in [6, 6.07) is 0. The molecule has 1 aliphatic heterocycles. The first kappa shape index (κ1) is 23.1. The van der Waals surface area contributed by atoms with Gasteiger partial charge in [0.25, 0.3) is 5.56 Å². The summed E-state index contributed by atoms with van der Waals surface area (Å²) in [5.41, 5.74) is -0.858. The van der Waals surface area contributed by atoms with Crippen LogP contribution in [0, 0.1) is 3.57 Å². The number of H-pyrrole nitrogens is 1. The summed E-state index contributed by atoms with van der Waals surface area (Å²) in [6.45, 7) is 11.4. The minimum absolute atomic E-state index is 0.104. The van der Waals surface area contributed by atoms with Crippen molar-refractivity contribution in [2.24, 2.45) is 0 Å². The Morgan fingerprint density at radius 3 is 2.67 bits per heavy atom. The standard InChI is InChI=1S/C17H29IN2O5SSi/c1-17(2,3)27(5,6)24-9-13-12(23-10-26-4)7-14(25-13)20-8-11(18)15(21)19-16(20)22/h8,12-14H,7,9-10H2,1-6H3,(H,19,21,22)/t12?,13-,14-/m1/s1. The van der Waals surface area contributed by atoms with E-state index in [1.54, 1.807) is 11.8 Å². The summed E-state index contributed by atoms with van der Waals surface area (Å²) < 4.78 is 20.3. The van der Waals surface area contributed by atoms with E-state index in [0.717, 1.165) is 0 Å². The third kappa shape index (κ3) is 5.69. The van der Waals surface area contributed by atoms with Crippen molar-refractivity contribution in [3.63, 3.8) is 0 Å². The number of aromatic nitrogens is 2. The lowest BCUT2D eigenvalue weighted by Crippen LogP contribution is -2.44. The quantitative estimate of drug-likeness (QED) is 0.333. The Morgan fingerprint density at radius 2 is 2.07 bits per heavy atom. The van der Waals surface area contributed by atoms with Gasteiger partial charge in [-0.1, -0.05) is 20.8 Å². The second kappa shape index (κ2) is 9.12. The van der Waals surface area contributed by atoms with E-state index in [2.05, 4.69) is 38.8 Å². The molecule has 0 aliphatic carbocycles. The van der Waals surface area contributed by atoms with E-state index < -0.39 is 20.2 Å². The first-order valence-electron chi connectivity index (χ1n) is 8.87. The number of nitrogens with one attached hydrogen (secondary N) is 1. The summed E-state index contributed by atoms with van der Waals surface area (Å²) in [7, 11) is -1.92. The Labute approximate surface area is 178 Å². The van der Waals surface area contributed by atoms with Crippen LogP contribution in [0.2, 0.25) is 18.1 Å². The van der Waals surface area contributed by atoms with Gasteiger partial charge in [0.1, 0.15) is 12.3 Å². The molecule has 1 saturated heterocycles. The lowest BCUT2D eigenvalue weighted by atomic mass is 10.2. The maximum atomic E-state index is 12.2. The lowest BCUT2D eigenvalue weighted by molar-refractivity contribution is -0.0529. The molecule has 0 bridgehead atoms. The predicted octanol–water partition coefficient (Wildman–Crippen LogP) is 3.16. The van der Waals surface area contributed by atoms with Crippen LogP contribution in [0.4, 0.5) is 0 Å². The topological polar surface area (TPSA) is 82.6 Å². The number of nitrogens with zero attached hydrogens (tertiary/aromatic N) is 1. The zero-order valence-electron chi connectivity index (χ0n) is 16.7. The molecule has 0 amide bonds. The van der Waals surface area contributed by atoms with Gasteiger partial charge in [-0.25, -0.2) is 4.79 Å². The van der Waals surface area contributed by atoms with Crippen molar-refractivity contribution in [1.82, 2.24) is 9.55 Å². The highest BCUT2D eigenvalue weighted by Gasteiger charge is 2.42. The Balaban J connectivity index is 2.18. The van der Waals surface area contributed by atoms with E-state index in [4.69, 9.17) is 13.9 Å². The normalized spacial score (nSPS) is 23.7. The summed E-state index contributed by atoms with van der Waals surface area (Å²) in [5, 5.41) is 0.104. The van der Waals surface area contributed by atoms with Gasteiger partial charge in [0.05, 0.1) is 22.2 Å². The van der Waals surface area contributed by atoms with E-state index >= 15 is 0 Å². The highest BCUT2D eigenvalue weighted by molar-refractivity contribution is 14.1. The van der Waals surface area contributed by atoms with Crippen LogP contribution >= 0.6 is 34.4 Å².